The molecule has 0 aromatic heterocycles. The minimum atomic E-state index is -0.319. The summed E-state index contributed by atoms with van der Waals surface area (Å²) in [6.07, 6.45) is 3.10. The van der Waals surface area contributed by atoms with Gasteiger partial charge < -0.3 is 0 Å². The first kappa shape index (κ1) is 12.2. The van der Waals surface area contributed by atoms with Crippen LogP contribution in [0.5, 0.6) is 0 Å². The summed E-state index contributed by atoms with van der Waals surface area (Å²) < 4.78 is 13.8. The maximum Gasteiger partial charge on any atom is 0.138 e. The van der Waals surface area contributed by atoms with Gasteiger partial charge in [0.1, 0.15) is 5.82 Å². The van der Waals surface area contributed by atoms with Crippen LogP contribution in [0.2, 0.25) is 5.02 Å². The van der Waals surface area contributed by atoms with Crippen LogP contribution in [0.1, 0.15) is 22.3 Å². The van der Waals surface area contributed by atoms with Gasteiger partial charge in [-0.05, 0) is 69.6 Å². The summed E-state index contributed by atoms with van der Waals surface area (Å²) in [5.74, 6) is -0.319. The highest BCUT2D eigenvalue weighted by molar-refractivity contribution is 9.10. The fourth-order valence-corrected chi connectivity index (χ4v) is 2.89. The van der Waals surface area contributed by atoms with E-state index in [-0.39, 0.29) is 5.82 Å². The summed E-state index contributed by atoms with van der Waals surface area (Å²) in [7, 11) is 0. The molecule has 0 heterocycles. The lowest BCUT2D eigenvalue weighted by atomic mass is 9.86. The zero-order valence-electron chi connectivity index (χ0n) is 9.64. The maximum absolute atomic E-state index is 13.3. The third-order valence-corrected chi connectivity index (χ3v) is 4.38. The molecule has 1 aliphatic carbocycles. The van der Waals surface area contributed by atoms with Crippen molar-refractivity contribution in [3.05, 3.63) is 67.9 Å². The standard InChI is InChI=1S/C15H11BrClF/c16-13-7-12(14(17)8-15(13)18)6-9-1-2-10-3-4-11(10)5-9/h1-2,5,7-8H,3-4,6H2. The molecule has 0 bridgehead atoms. The molecule has 92 valence electrons. The van der Waals surface area contributed by atoms with Crippen molar-refractivity contribution in [2.45, 2.75) is 19.3 Å². The van der Waals surface area contributed by atoms with Crippen molar-refractivity contribution >= 4 is 27.5 Å². The Morgan fingerprint density at radius 3 is 2.56 bits per heavy atom. The third kappa shape index (κ3) is 2.19. The van der Waals surface area contributed by atoms with Crippen LogP contribution in [0.25, 0.3) is 0 Å². The summed E-state index contributed by atoms with van der Waals surface area (Å²) >= 11 is 9.27. The van der Waals surface area contributed by atoms with E-state index in [9.17, 15) is 4.39 Å². The predicted molar refractivity (Wildman–Crippen MR) is 75.8 cm³/mol. The number of fused-ring (bicyclic) bond motifs is 1. The molecule has 3 rings (SSSR count). The quantitative estimate of drug-likeness (QED) is 0.687. The molecule has 2 aromatic rings. The number of hydrogen-bond donors (Lipinski definition) is 0. The summed E-state index contributed by atoms with van der Waals surface area (Å²) in [5.41, 5.74) is 5.06. The zero-order valence-corrected chi connectivity index (χ0v) is 12.0. The van der Waals surface area contributed by atoms with Crippen LogP contribution in [-0.2, 0) is 19.3 Å². The molecule has 0 atom stereocenters. The van der Waals surface area contributed by atoms with Crippen LogP contribution in [-0.4, -0.2) is 0 Å². The second-order valence-corrected chi connectivity index (χ2v) is 5.90. The van der Waals surface area contributed by atoms with Crippen LogP contribution in [0.15, 0.2) is 34.8 Å². The van der Waals surface area contributed by atoms with Crippen molar-refractivity contribution < 1.29 is 4.39 Å². The monoisotopic (exact) mass is 324 g/mol. The molecule has 1 aliphatic rings. The van der Waals surface area contributed by atoms with E-state index >= 15 is 0 Å². The van der Waals surface area contributed by atoms with Gasteiger partial charge in [0.2, 0.25) is 0 Å². The van der Waals surface area contributed by atoms with Crippen molar-refractivity contribution in [3.63, 3.8) is 0 Å². The SMILES string of the molecule is Fc1cc(Cl)c(Cc2ccc3c(c2)CC3)cc1Br. The Morgan fingerprint density at radius 1 is 1.11 bits per heavy atom. The topological polar surface area (TPSA) is 0 Å². The van der Waals surface area contributed by atoms with E-state index in [0.717, 1.165) is 12.0 Å². The molecule has 3 heteroatoms. The van der Waals surface area contributed by atoms with Crippen molar-refractivity contribution in [2.24, 2.45) is 0 Å². The molecule has 0 saturated carbocycles. The summed E-state index contributed by atoms with van der Waals surface area (Å²) in [4.78, 5) is 0. The van der Waals surface area contributed by atoms with Gasteiger partial charge in [-0.3, -0.25) is 0 Å². The number of rotatable bonds is 2. The van der Waals surface area contributed by atoms with Gasteiger partial charge in [-0.1, -0.05) is 29.8 Å². The van der Waals surface area contributed by atoms with Gasteiger partial charge in [0.05, 0.1) is 4.47 Å². The molecule has 0 saturated heterocycles. The highest BCUT2D eigenvalue weighted by Gasteiger charge is 2.14. The average molecular weight is 326 g/mol. The highest BCUT2D eigenvalue weighted by Crippen LogP contribution is 2.29. The molecular formula is C15H11BrClF. The lowest BCUT2D eigenvalue weighted by Gasteiger charge is -2.19. The van der Waals surface area contributed by atoms with Gasteiger partial charge in [-0.2, -0.15) is 0 Å². The Hall–Kier alpha value is -0.860. The Bertz CT molecular complexity index is 622. The second-order valence-electron chi connectivity index (χ2n) is 4.64. The summed E-state index contributed by atoms with van der Waals surface area (Å²) in [6, 6.07) is 9.66. The first-order chi connectivity index (χ1) is 8.63. The normalized spacial score (nSPS) is 13.1. The van der Waals surface area contributed by atoms with E-state index < -0.39 is 0 Å². The number of halogens is 3. The molecule has 0 aliphatic heterocycles. The van der Waals surface area contributed by atoms with E-state index in [4.69, 9.17) is 11.6 Å². The molecular weight excluding hydrogens is 315 g/mol. The molecule has 0 spiro atoms. The minimum Gasteiger partial charge on any atom is -0.206 e. The molecule has 2 aromatic carbocycles. The van der Waals surface area contributed by atoms with Crippen molar-refractivity contribution in [1.29, 1.82) is 0 Å². The van der Waals surface area contributed by atoms with Crippen molar-refractivity contribution in [3.8, 4) is 0 Å². The lowest BCUT2D eigenvalue weighted by Crippen LogP contribution is -2.08. The van der Waals surface area contributed by atoms with Gasteiger partial charge in [-0.25, -0.2) is 4.39 Å². The number of benzene rings is 2. The maximum atomic E-state index is 13.3. The van der Waals surface area contributed by atoms with Crippen LogP contribution in [0.3, 0.4) is 0 Å². The number of hydrogen-bond acceptors (Lipinski definition) is 0. The van der Waals surface area contributed by atoms with E-state index in [1.807, 2.05) is 0 Å². The molecule has 0 nitrogen and oxygen atoms in total. The third-order valence-electron chi connectivity index (χ3n) is 3.42. The van der Waals surface area contributed by atoms with Gasteiger partial charge >= 0.3 is 0 Å². The van der Waals surface area contributed by atoms with E-state index in [2.05, 4.69) is 34.1 Å². The van der Waals surface area contributed by atoms with Gasteiger partial charge in [-0.15, -0.1) is 0 Å². The Morgan fingerprint density at radius 2 is 1.89 bits per heavy atom. The highest BCUT2D eigenvalue weighted by atomic mass is 79.9. The average Bonchev–Trinajstić information content (AvgIpc) is 2.29. The molecule has 0 amide bonds. The largest absolute Gasteiger partial charge is 0.206 e. The van der Waals surface area contributed by atoms with Crippen LogP contribution in [0.4, 0.5) is 4.39 Å². The first-order valence-electron chi connectivity index (χ1n) is 5.87. The molecule has 18 heavy (non-hydrogen) atoms. The zero-order chi connectivity index (χ0) is 12.7. The lowest BCUT2D eigenvalue weighted by molar-refractivity contribution is 0.620. The van der Waals surface area contributed by atoms with Crippen molar-refractivity contribution in [2.75, 3.05) is 0 Å². The fraction of sp³-hybridized carbons (Fsp3) is 0.200. The Balaban J connectivity index is 1.92. The predicted octanol–water partition coefficient (Wildman–Crippen LogP) is 4.93. The summed E-state index contributed by atoms with van der Waals surface area (Å²) in [6.45, 7) is 0. The molecule has 0 fully saturated rings. The van der Waals surface area contributed by atoms with Gasteiger partial charge in [0, 0.05) is 5.02 Å². The van der Waals surface area contributed by atoms with Crippen molar-refractivity contribution in [1.82, 2.24) is 0 Å². The summed E-state index contributed by atoms with van der Waals surface area (Å²) in [5, 5.41) is 0.485. The Labute approximate surface area is 119 Å². The Kier molecular flexibility index (Phi) is 3.16. The van der Waals surface area contributed by atoms with E-state index in [1.54, 1.807) is 6.07 Å². The molecule has 0 unspecified atom stereocenters. The minimum absolute atomic E-state index is 0.319. The smallest absolute Gasteiger partial charge is 0.138 e. The van der Waals surface area contributed by atoms with E-state index in [0.29, 0.717) is 9.50 Å². The number of aryl methyl sites for hydroxylation is 2. The second kappa shape index (κ2) is 4.67. The van der Waals surface area contributed by atoms with Gasteiger partial charge in [0.15, 0.2) is 0 Å². The first-order valence-corrected chi connectivity index (χ1v) is 7.04. The van der Waals surface area contributed by atoms with Crippen LogP contribution < -0.4 is 0 Å². The van der Waals surface area contributed by atoms with Gasteiger partial charge in [0.25, 0.3) is 0 Å². The fourth-order valence-electron chi connectivity index (χ4n) is 2.28. The van der Waals surface area contributed by atoms with E-state index in [1.165, 1.54) is 35.6 Å². The van der Waals surface area contributed by atoms with Crippen LogP contribution in [0, 0.1) is 5.82 Å². The van der Waals surface area contributed by atoms with Crippen LogP contribution >= 0.6 is 27.5 Å². The molecule has 0 radical (unpaired) electrons. The molecule has 0 N–H and O–H groups in total.